The van der Waals surface area contributed by atoms with Crippen molar-refractivity contribution in [1.82, 2.24) is 14.7 Å². The van der Waals surface area contributed by atoms with Crippen molar-refractivity contribution < 1.29 is 14.1 Å². The molecule has 0 spiro atoms. The van der Waals surface area contributed by atoms with Gasteiger partial charge in [0.05, 0.1) is 18.4 Å². The largest absolute Gasteiger partial charge is 0.464 e. The van der Waals surface area contributed by atoms with E-state index >= 15 is 0 Å². The second-order valence-electron chi connectivity index (χ2n) is 4.97. The molecule has 3 rings (SSSR count). The number of alkyl halides is 1. The molecule has 2 N–H and O–H groups in total. The standard InChI is InChI=1S/C16H12ClN5O3/c1-24-16(23)14-13(19)10(7-18)8-22(14)11-4-2-3-9(5-11)15-20-12(6-17)25-21-15/h2-5,8H,6,19H2,1H3. The minimum atomic E-state index is -0.645. The molecule has 9 heteroatoms. The number of benzene rings is 1. The molecule has 0 saturated heterocycles. The van der Waals surface area contributed by atoms with E-state index in [1.54, 1.807) is 24.3 Å². The summed E-state index contributed by atoms with van der Waals surface area (Å²) < 4.78 is 11.3. The Labute approximate surface area is 147 Å². The Kier molecular flexibility index (Phi) is 4.41. The van der Waals surface area contributed by atoms with Crippen LogP contribution in [0.2, 0.25) is 0 Å². The molecule has 3 aromatic rings. The summed E-state index contributed by atoms with van der Waals surface area (Å²) in [7, 11) is 1.24. The van der Waals surface area contributed by atoms with E-state index in [1.165, 1.54) is 17.9 Å². The van der Waals surface area contributed by atoms with E-state index in [4.69, 9.17) is 26.6 Å². The lowest BCUT2D eigenvalue weighted by Gasteiger charge is -2.09. The summed E-state index contributed by atoms with van der Waals surface area (Å²) in [6.45, 7) is 0. The van der Waals surface area contributed by atoms with E-state index in [1.807, 2.05) is 6.07 Å². The Hall–Kier alpha value is -3.31. The van der Waals surface area contributed by atoms with E-state index in [9.17, 15) is 10.1 Å². The number of anilines is 1. The van der Waals surface area contributed by atoms with Gasteiger partial charge in [-0.15, -0.1) is 11.6 Å². The summed E-state index contributed by atoms with van der Waals surface area (Å²) in [4.78, 5) is 16.2. The van der Waals surface area contributed by atoms with Gasteiger partial charge in [-0.2, -0.15) is 10.2 Å². The summed E-state index contributed by atoms with van der Waals surface area (Å²) in [6.07, 6.45) is 1.47. The number of hydrogen-bond acceptors (Lipinski definition) is 7. The van der Waals surface area contributed by atoms with Crippen molar-refractivity contribution in [3.05, 3.63) is 47.6 Å². The van der Waals surface area contributed by atoms with Crippen LogP contribution >= 0.6 is 11.6 Å². The molecular weight excluding hydrogens is 346 g/mol. The van der Waals surface area contributed by atoms with Crippen molar-refractivity contribution in [3.63, 3.8) is 0 Å². The van der Waals surface area contributed by atoms with Crippen LogP contribution in [0.25, 0.3) is 17.1 Å². The van der Waals surface area contributed by atoms with Crippen LogP contribution in [0.3, 0.4) is 0 Å². The molecule has 0 fully saturated rings. The lowest BCUT2D eigenvalue weighted by Crippen LogP contribution is -2.11. The average Bonchev–Trinajstić information content (AvgIpc) is 3.25. The average molecular weight is 358 g/mol. The van der Waals surface area contributed by atoms with Crippen LogP contribution in [0.1, 0.15) is 21.9 Å². The molecular formula is C16H12ClN5O3. The van der Waals surface area contributed by atoms with Crippen LogP contribution in [-0.4, -0.2) is 27.8 Å². The second-order valence-corrected chi connectivity index (χ2v) is 5.24. The molecule has 0 atom stereocenters. The molecule has 0 radical (unpaired) electrons. The molecule has 2 heterocycles. The molecule has 0 amide bonds. The van der Waals surface area contributed by atoms with Crippen LogP contribution < -0.4 is 5.73 Å². The third-order valence-electron chi connectivity index (χ3n) is 3.51. The molecule has 0 bridgehead atoms. The number of nitrogens with two attached hydrogens (primary N) is 1. The van der Waals surface area contributed by atoms with Crippen molar-refractivity contribution >= 4 is 23.3 Å². The molecule has 0 saturated carbocycles. The van der Waals surface area contributed by atoms with Gasteiger partial charge in [-0.1, -0.05) is 17.3 Å². The van der Waals surface area contributed by atoms with Gasteiger partial charge in [0.1, 0.15) is 11.9 Å². The number of nitriles is 1. The Morgan fingerprint density at radius 3 is 2.96 bits per heavy atom. The highest BCUT2D eigenvalue weighted by molar-refractivity contribution is 6.16. The van der Waals surface area contributed by atoms with Crippen molar-refractivity contribution in [2.24, 2.45) is 0 Å². The molecule has 1 aromatic carbocycles. The molecule has 8 nitrogen and oxygen atoms in total. The number of hydrogen-bond donors (Lipinski definition) is 1. The van der Waals surface area contributed by atoms with Crippen molar-refractivity contribution in [1.29, 1.82) is 5.26 Å². The zero-order valence-corrected chi connectivity index (χ0v) is 13.8. The maximum Gasteiger partial charge on any atom is 0.357 e. The third-order valence-corrected chi connectivity index (χ3v) is 3.74. The molecule has 126 valence electrons. The van der Waals surface area contributed by atoms with Crippen LogP contribution in [-0.2, 0) is 10.6 Å². The fraction of sp³-hybridized carbons (Fsp3) is 0.125. The van der Waals surface area contributed by atoms with Crippen LogP contribution in [0.4, 0.5) is 5.69 Å². The first-order valence-electron chi connectivity index (χ1n) is 7.07. The normalized spacial score (nSPS) is 10.4. The maximum absolute atomic E-state index is 12.1. The van der Waals surface area contributed by atoms with Gasteiger partial charge in [0.2, 0.25) is 11.7 Å². The Balaban J connectivity index is 2.13. The van der Waals surface area contributed by atoms with Crippen molar-refractivity contribution in [2.75, 3.05) is 12.8 Å². The minimum Gasteiger partial charge on any atom is -0.464 e. The molecule has 0 aliphatic carbocycles. The van der Waals surface area contributed by atoms with E-state index in [-0.39, 0.29) is 22.8 Å². The second kappa shape index (κ2) is 6.67. The zero-order valence-electron chi connectivity index (χ0n) is 13.1. The Morgan fingerprint density at radius 1 is 1.52 bits per heavy atom. The number of ether oxygens (including phenoxy) is 1. The number of halogens is 1. The van der Waals surface area contributed by atoms with Gasteiger partial charge in [-0.25, -0.2) is 4.79 Å². The predicted octanol–water partition coefficient (Wildman–Crippen LogP) is 2.51. The lowest BCUT2D eigenvalue weighted by atomic mass is 10.2. The zero-order chi connectivity index (χ0) is 18.0. The quantitative estimate of drug-likeness (QED) is 0.562. The third kappa shape index (κ3) is 2.93. The highest BCUT2D eigenvalue weighted by atomic mass is 35.5. The fourth-order valence-corrected chi connectivity index (χ4v) is 2.45. The number of nitrogen functional groups attached to an aromatic ring is 1. The maximum atomic E-state index is 12.1. The minimum absolute atomic E-state index is 0.0590. The summed E-state index contributed by atoms with van der Waals surface area (Å²) in [6, 6.07) is 8.97. The number of methoxy groups -OCH3 is 1. The number of rotatable bonds is 4. The van der Waals surface area contributed by atoms with Crippen molar-refractivity contribution in [2.45, 2.75) is 5.88 Å². The first-order valence-corrected chi connectivity index (χ1v) is 7.61. The van der Waals surface area contributed by atoms with Gasteiger partial charge in [0.15, 0.2) is 5.69 Å². The summed E-state index contributed by atoms with van der Waals surface area (Å²) in [5, 5.41) is 13.0. The molecule has 0 unspecified atom stereocenters. The van der Waals surface area contributed by atoms with Gasteiger partial charge < -0.3 is 19.6 Å². The van der Waals surface area contributed by atoms with Gasteiger partial charge in [-0.05, 0) is 12.1 Å². The highest BCUT2D eigenvalue weighted by Gasteiger charge is 2.22. The first-order chi connectivity index (χ1) is 12.1. The number of esters is 1. The van der Waals surface area contributed by atoms with Crippen LogP contribution in [0.5, 0.6) is 0 Å². The fourth-order valence-electron chi connectivity index (χ4n) is 2.34. The van der Waals surface area contributed by atoms with E-state index < -0.39 is 5.97 Å². The lowest BCUT2D eigenvalue weighted by molar-refractivity contribution is 0.0593. The van der Waals surface area contributed by atoms with Gasteiger partial charge in [0.25, 0.3) is 0 Å². The summed E-state index contributed by atoms with van der Waals surface area (Å²) in [5.41, 5.74) is 7.45. The van der Waals surface area contributed by atoms with Crippen molar-refractivity contribution in [3.8, 4) is 23.1 Å². The molecule has 0 aliphatic rings. The number of nitrogens with zero attached hydrogens (tertiary/aromatic N) is 4. The molecule has 0 aliphatic heterocycles. The Bertz CT molecular complexity index is 986. The van der Waals surface area contributed by atoms with Gasteiger partial charge in [0, 0.05) is 17.4 Å². The summed E-state index contributed by atoms with van der Waals surface area (Å²) >= 11 is 5.67. The number of carbonyl (C=O) groups is 1. The van der Waals surface area contributed by atoms with Crippen LogP contribution in [0.15, 0.2) is 35.0 Å². The predicted molar refractivity (Wildman–Crippen MR) is 89.1 cm³/mol. The highest BCUT2D eigenvalue weighted by Crippen LogP contribution is 2.27. The molecule has 25 heavy (non-hydrogen) atoms. The smallest absolute Gasteiger partial charge is 0.357 e. The van der Waals surface area contributed by atoms with E-state index in [0.717, 1.165) is 0 Å². The summed E-state index contributed by atoms with van der Waals surface area (Å²) in [5.74, 6) is 0.124. The first kappa shape index (κ1) is 16.5. The van der Waals surface area contributed by atoms with E-state index in [2.05, 4.69) is 10.1 Å². The number of carbonyl (C=O) groups excluding carboxylic acids is 1. The van der Waals surface area contributed by atoms with Gasteiger partial charge >= 0.3 is 5.97 Å². The topological polar surface area (TPSA) is 120 Å². The SMILES string of the molecule is COC(=O)c1c(N)c(C#N)cn1-c1cccc(-c2noc(CCl)n2)c1. The Morgan fingerprint density at radius 2 is 2.32 bits per heavy atom. The van der Waals surface area contributed by atoms with Crippen LogP contribution in [0, 0.1) is 11.3 Å². The molecule has 2 aromatic heterocycles. The van der Waals surface area contributed by atoms with E-state index in [0.29, 0.717) is 23.0 Å². The number of aromatic nitrogens is 3. The monoisotopic (exact) mass is 357 g/mol. The van der Waals surface area contributed by atoms with Gasteiger partial charge in [-0.3, -0.25) is 0 Å².